The largest absolute Gasteiger partial charge is 0.386 e. The number of nitrogens with zero attached hydrogens (tertiary/aromatic N) is 3. The van der Waals surface area contributed by atoms with Crippen molar-refractivity contribution in [2.75, 3.05) is 11.9 Å². The molecule has 1 saturated heterocycles. The molecule has 1 atom stereocenters. The molecule has 0 amide bonds. The summed E-state index contributed by atoms with van der Waals surface area (Å²) < 4.78 is 2.61. The Balaban J connectivity index is 2.14. The highest BCUT2D eigenvalue weighted by Crippen LogP contribution is 2.48. The summed E-state index contributed by atoms with van der Waals surface area (Å²) in [4.78, 5) is 5.16. The number of likely N-dealkylation sites (N-methyl/N-ethyl adjacent to an activating group) is 1. The van der Waals surface area contributed by atoms with Crippen molar-refractivity contribution < 1.29 is 0 Å². The van der Waals surface area contributed by atoms with Gasteiger partial charge in [0, 0.05) is 11.1 Å². The Morgan fingerprint density at radius 2 is 1.71 bits per heavy atom. The second-order valence-corrected chi connectivity index (χ2v) is 7.49. The lowest BCUT2D eigenvalue weighted by atomic mass is 9.55. The molecule has 2 aliphatic rings. The van der Waals surface area contributed by atoms with Crippen LogP contribution < -0.4 is 4.81 Å². The molecule has 0 spiro atoms. The summed E-state index contributed by atoms with van der Waals surface area (Å²) in [5, 5.41) is 0. The first-order chi connectivity index (χ1) is 9.78. The van der Waals surface area contributed by atoms with Crippen LogP contribution in [0.5, 0.6) is 0 Å². The van der Waals surface area contributed by atoms with Crippen molar-refractivity contribution in [3.8, 4) is 0 Å². The van der Waals surface area contributed by atoms with E-state index in [4.69, 9.17) is 0 Å². The zero-order valence-corrected chi connectivity index (χ0v) is 14.5. The van der Waals surface area contributed by atoms with E-state index >= 15 is 0 Å². The Bertz CT molecular complexity index is 546. The molecule has 2 aliphatic heterocycles. The number of benzene rings is 1. The maximum absolute atomic E-state index is 2.62. The number of rotatable bonds is 1. The third-order valence-electron chi connectivity index (χ3n) is 5.62. The van der Waals surface area contributed by atoms with Gasteiger partial charge in [-0.2, -0.15) is 0 Å². The van der Waals surface area contributed by atoms with E-state index in [1.807, 2.05) is 0 Å². The SMILES string of the molecule is CB1N(C)C2N(B(C)N1C(C)C)c1ccccc1C2(C)C. The average molecular weight is 283 g/mol. The van der Waals surface area contributed by atoms with E-state index in [-0.39, 0.29) is 5.41 Å². The van der Waals surface area contributed by atoms with Crippen LogP contribution in [0.4, 0.5) is 5.69 Å². The van der Waals surface area contributed by atoms with Crippen LogP contribution in [0.25, 0.3) is 0 Å². The molecule has 112 valence electrons. The summed E-state index contributed by atoms with van der Waals surface area (Å²) >= 11 is 0. The fourth-order valence-corrected chi connectivity index (χ4v) is 4.71. The van der Waals surface area contributed by atoms with Gasteiger partial charge in [0.25, 0.3) is 6.98 Å². The van der Waals surface area contributed by atoms with Gasteiger partial charge >= 0.3 is 6.98 Å². The third-order valence-corrected chi connectivity index (χ3v) is 5.62. The molecule has 0 aliphatic carbocycles. The van der Waals surface area contributed by atoms with E-state index in [2.05, 4.69) is 87.0 Å². The van der Waals surface area contributed by atoms with Crippen molar-refractivity contribution in [1.82, 2.24) is 9.53 Å². The van der Waals surface area contributed by atoms with Gasteiger partial charge in [-0.05, 0) is 24.7 Å². The number of anilines is 1. The van der Waals surface area contributed by atoms with Crippen molar-refractivity contribution in [1.29, 1.82) is 0 Å². The molecule has 0 radical (unpaired) electrons. The Hall–Kier alpha value is -0.930. The fraction of sp³-hybridized carbons (Fsp3) is 0.625. The quantitative estimate of drug-likeness (QED) is 0.733. The lowest BCUT2D eigenvalue weighted by molar-refractivity contribution is 0.247. The maximum atomic E-state index is 2.62. The van der Waals surface area contributed by atoms with Crippen LogP contribution >= 0.6 is 0 Å². The maximum Gasteiger partial charge on any atom is 0.330 e. The number of para-hydroxylation sites is 1. The summed E-state index contributed by atoms with van der Waals surface area (Å²) in [5.41, 5.74) is 3.03. The lowest BCUT2D eigenvalue weighted by Gasteiger charge is -2.55. The van der Waals surface area contributed by atoms with Crippen LogP contribution in [-0.4, -0.2) is 42.8 Å². The van der Waals surface area contributed by atoms with E-state index in [1.54, 1.807) is 0 Å². The minimum Gasteiger partial charge on any atom is -0.386 e. The minimum absolute atomic E-state index is 0.150. The second kappa shape index (κ2) is 4.79. The summed E-state index contributed by atoms with van der Waals surface area (Å²) in [6.45, 7) is 14.9. The van der Waals surface area contributed by atoms with E-state index in [9.17, 15) is 0 Å². The van der Waals surface area contributed by atoms with E-state index in [0.717, 1.165) is 0 Å². The summed E-state index contributed by atoms with van der Waals surface area (Å²) in [5.74, 6) is 0. The standard InChI is InChI=1S/C16H27B2N3/c1-12(2)21-17(5)19(7)15-16(3,4)13-10-8-9-11-14(13)20(15)18(21)6/h8-12,15H,1-7H3. The van der Waals surface area contributed by atoms with Crippen LogP contribution in [0.15, 0.2) is 24.3 Å². The van der Waals surface area contributed by atoms with Crippen molar-refractivity contribution in [2.45, 2.75) is 59.0 Å². The summed E-state index contributed by atoms with van der Waals surface area (Å²) in [6.07, 6.45) is 0.426. The highest BCUT2D eigenvalue weighted by molar-refractivity contribution is 6.74. The second-order valence-electron chi connectivity index (χ2n) is 7.49. The van der Waals surface area contributed by atoms with Crippen molar-refractivity contribution in [3.63, 3.8) is 0 Å². The molecular weight excluding hydrogens is 256 g/mol. The third kappa shape index (κ3) is 1.90. The smallest absolute Gasteiger partial charge is 0.330 e. The molecule has 5 heteroatoms. The normalized spacial score (nSPS) is 25.5. The van der Waals surface area contributed by atoms with Crippen molar-refractivity contribution in [3.05, 3.63) is 29.8 Å². The molecule has 0 aromatic heterocycles. The van der Waals surface area contributed by atoms with E-state index in [0.29, 0.717) is 26.2 Å². The zero-order valence-electron chi connectivity index (χ0n) is 14.5. The zero-order chi connectivity index (χ0) is 15.5. The highest BCUT2D eigenvalue weighted by Gasteiger charge is 2.55. The molecule has 21 heavy (non-hydrogen) atoms. The van der Waals surface area contributed by atoms with Gasteiger partial charge in [0.1, 0.15) is 0 Å². The molecule has 2 heterocycles. The number of fused-ring (bicyclic) bond motifs is 3. The first-order valence-corrected chi connectivity index (χ1v) is 8.15. The van der Waals surface area contributed by atoms with Crippen LogP contribution in [0.3, 0.4) is 0 Å². The van der Waals surface area contributed by atoms with Gasteiger partial charge in [0.15, 0.2) is 0 Å². The Labute approximate surface area is 130 Å². The van der Waals surface area contributed by atoms with Gasteiger partial charge in [-0.25, -0.2) is 0 Å². The Morgan fingerprint density at radius 1 is 1.10 bits per heavy atom. The molecule has 3 nitrogen and oxygen atoms in total. The molecule has 3 rings (SSSR count). The van der Waals surface area contributed by atoms with Gasteiger partial charge in [-0.1, -0.05) is 59.5 Å². The molecule has 0 saturated carbocycles. The van der Waals surface area contributed by atoms with Gasteiger partial charge < -0.3 is 14.3 Å². The van der Waals surface area contributed by atoms with E-state index in [1.165, 1.54) is 11.3 Å². The predicted octanol–water partition coefficient (Wildman–Crippen LogP) is 3.00. The monoisotopic (exact) mass is 283 g/mol. The Kier molecular flexibility index (Phi) is 3.41. The van der Waals surface area contributed by atoms with Gasteiger partial charge in [-0.3, -0.25) is 0 Å². The van der Waals surface area contributed by atoms with Crippen LogP contribution in [0, 0.1) is 0 Å². The molecular formula is C16H27B2N3. The lowest BCUT2D eigenvalue weighted by Crippen LogP contribution is -2.75. The first kappa shape index (κ1) is 15.0. The van der Waals surface area contributed by atoms with Crippen LogP contribution in [0.1, 0.15) is 33.3 Å². The predicted molar refractivity (Wildman–Crippen MR) is 93.7 cm³/mol. The topological polar surface area (TPSA) is 9.72 Å². The van der Waals surface area contributed by atoms with E-state index < -0.39 is 0 Å². The van der Waals surface area contributed by atoms with Crippen LogP contribution in [-0.2, 0) is 5.41 Å². The van der Waals surface area contributed by atoms with Gasteiger partial charge in [0.2, 0.25) is 0 Å². The molecule has 1 fully saturated rings. The van der Waals surface area contributed by atoms with Crippen LogP contribution in [0.2, 0.25) is 13.6 Å². The minimum atomic E-state index is 0.150. The van der Waals surface area contributed by atoms with Crippen molar-refractivity contribution >= 4 is 19.7 Å². The molecule has 1 unspecified atom stereocenters. The first-order valence-electron chi connectivity index (χ1n) is 8.15. The molecule has 0 N–H and O–H groups in total. The highest BCUT2D eigenvalue weighted by atomic mass is 15.4. The Morgan fingerprint density at radius 3 is 2.33 bits per heavy atom. The van der Waals surface area contributed by atoms with Crippen molar-refractivity contribution in [2.24, 2.45) is 0 Å². The fourth-order valence-electron chi connectivity index (χ4n) is 4.71. The molecule has 1 aromatic carbocycles. The summed E-state index contributed by atoms with van der Waals surface area (Å²) in [7, 11) is 2.28. The van der Waals surface area contributed by atoms with Gasteiger partial charge in [0.05, 0.1) is 6.17 Å². The number of hydrogen-bond donors (Lipinski definition) is 0. The molecule has 0 bridgehead atoms. The average Bonchev–Trinajstić information content (AvgIpc) is 2.65. The molecule has 1 aromatic rings. The van der Waals surface area contributed by atoms with Gasteiger partial charge in [-0.15, -0.1) is 0 Å². The summed E-state index contributed by atoms with van der Waals surface area (Å²) in [6, 6.07) is 9.47. The number of hydrogen-bond acceptors (Lipinski definition) is 3.